The van der Waals surface area contributed by atoms with Gasteiger partial charge in [-0.1, -0.05) is 6.92 Å². The quantitative estimate of drug-likeness (QED) is 0.820. The van der Waals surface area contributed by atoms with Gasteiger partial charge in [-0.3, -0.25) is 4.98 Å². The summed E-state index contributed by atoms with van der Waals surface area (Å²) in [6, 6.07) is 1.20. The molecule has 1 aromatic heterocycles. The molecule has 0 spiro atoms. The van der Waals surface area contributed by atoms with Crippen LogP contribution >= 0.6 is 0 Å². The molecule has 94 valence electrons. The van der Waals surface area contributed by atoms with Crippen molar-refractivity contribution in [3.05, 3.63) is 29.6 Å². The Labute approximate surface area is 98.2 Å². The summed E-state index contributed by atoms with van der Waals surface area (Å²) in [4.78, 5) is 3.69. The van der Waals surface area contributed by atoms with Crippen molar-refractivity contribution in [2.45, 2.75) is 32.0 Å². The lowest BCUT2D eigenvalue weighted by molar-refractivity contribution is -0.137. The minimum atomic E-state index is -4.31. The maximum Gasteiger partial charge on any atom is 0.417 e. The molecule has 0 aromatic carbocycles. The Morgan fingerprint density at radius 1 is 1.29 bits per heavy atom. The highest BCUT2D eigenvalue weighted by Gasteiger charge is 2.32. The van der Waals surface area contributed by atoms with Crippen molar-refractivity contribution < 1.29 is 13.2 Å². The van der Waals surface area contributed by atoms with Gasteiger partial charge in [-0.05, 0) is 36.9 Å². The molecular formula is C12H15F3N2. The molecule has 1 aliphatic heterocycles. The van der Waals surface area contributed by atoms with Gasteiger partial charge >= 0.3 is 6.18 Å². The van der Waals surface area contributed by atoms with Gasteiger partial charge in [0, 0.05) is 18.4 Å². The first kappa shape index (κ1) is 12.4. The predicted molar refractivity (Wildman–Crippen MR) is 58.4 cm³/mol. The summed E-state index contributed by atoms with van der Waals surface area (Å²) < 4.78 is 37.6. The lowest BCUT2D eigenvalue weighted by Crippen LogP contribution is -2.32. The van der Waals surface area contributed by atoms with Crippen LogP contribution in [0.3, 0.4) is 0 Å². The van der Waals surface area contributed by atoms with E-state index in [0.717, 1.165) is 25.6 Å². The van der Waals surface area contributed by atoms with Gasteiger partial charge in [0.1, 0.15) is 0 Å². The molecule has 1 aliphatic rings. The molecule has 0 bridgehead atoms. The SMILES string of the molecule is CC1CCC(c2cncc(C(F)(F)F)c2)NC1. The molecule has 0 aliphatic carbocycles. The van der Waals surface area contributed by atoms with Gasteiger partial charge < -0.3 is 5.32 Å². The van der Waals surface area contributed by atoms with Crippen LogP contribution in [0, 0.1) is 5.92 Å². The molecule has 0 amide bonds. The van der Waals surface area contributed by atoms with Gasteiger partial charge in [0.05, 0.1) is 5.56 Å². The van der Waals surface area contributed by atoms with Crippen molar-refractivity contribution >= 4 is 0 Å². The van der Waals surface area contributed by atoms with Crippen molar-refractivity contribution in [2.24, 2.45) is 5.92 Å². The fourth-order valence-corrected chi connectivity index (χ4v) is 2.09. The molecule has 1 saturated heterocycles. The van der Waals surface area contributed by atoms with Gasteiger partial charge in [-0.2, -0.15) is 13.2 Å². The summed E-state index contributed by atoms with van der Waals surface area (Å²) in [7, 11) is 0. The van der Waals surface area contributed by atoms with E-state index in [-0.39, 0.29) is 6.04 Å². The zero-order valence-electron chi connectivity index (χ0n) is 9.59. The monoisotopic (exact) mass is 244 g/mol. The summed E-state index contributed by atoms with van der Waals surface area (Å²) in [5.74, 6) is 0.588. The number of hydrogen-bond acceptors (Lipinski definition) is 2. The standard InChI is InChI=1S/C12H15F3N2/c1-8-2-3-11(17-5-8)9-4-10(7-16-6-9)12(13,14)15/h4,6-8,11,17H,2-3,5H2,1H3. The predicted octanol–water partition coefficient (Wildman–Crippen LogP) is 3.16. The number of hydrogen-bond donors (Lipinski definition) is 1. The van der Waals surface area contributed by atoms with E-state index < -0.39 is 11.7 Å². The lowest BCUT2D eigenvalue weighted by Gasteiger charge is -2.28. The third-order valence-electron chi connectivity index (χ3n) is 3.15. The van der Waals surface area contributed by atoms with E-state index in [9.17, 15) is 13.2 Å². The van der Waals surface area contributed by atoms with Crippen LogP contribution in [0.5, 0.6) is 0 Å². The van der Waals surface area contributed by atoms with E-state index in [1.165, 1.54) is 12.3 Å². The highest BCUT2D eigenvalue weighted by Crippen LogP contribution is 2.32. The second-order valence-corrected chi connectivity index (χ2v) is 4.65. The van der Waals surface area contributed by atoms with Crippen molar-refractivity contribution in [3.8, 4) is 0 Å². The Morgan fingerprint density at radius 3 is 2.65 bits per heavy atom. The zero-order chi connectivity index (χ0) is 12.5. The summed E-state index contributed by atoms with van der Waals surface area (Å²) in [6.45, 7) is 2.98. The van der Waals surface area contributed by atoms with E-state index >= 15 is 0 Å². The molecule has 2 nitrogen and oxygen atoms in total. The van der Waals surface area contributed by atoms with Crippen LogP contribution in [0.25, 0.3) is 0 Å². The maximum atomic E-state index is 12.5. The minimum absolute atomic E-state index is 0.000926. The van der Waals surface area contributed by atoms with Gasteiger partial charge in [-0.25, -0.2) is 0 Å². The van der Waals surface area contributed by atoms with E-state index in [0.29, 0.717) is 11.5 Å². The molecule has 2 heterocycles. The van der Waals surface area contributed by atoms with Gasteiger partial charge in [0.2, 0.25) is 0 Å². The summed E-state index contributed by atoms with van der Waals surface area (Å²) in [5, 5.41) is 3.26. The first-order valence-corrected chi connectivity index (χ1v) is 5.72. The normalized spacial score (nSPS) is 25.9. The first-order valence-electron chi connectivity index (χ1n) is 5.72. The Bertz CT molecular complexity index is 382. The summed E-state index contributed by atoms with van der Waals surface area (Å²) in [5.41, 5.74) is -0.0397. The third kappa shape index (κ3) is 2.97. The highest BCUT2D eigenvalue weighted by atomic mass is 19.4. The molecule has 5 heteroatoms. The van der Waals surface area contributed by atoms with Crippen LogP contribution in [-0.4, -0.2) is 11.5 Å². The number of alkyl halides is 3. The Hall–Kier alpha value is -1.10. The van der Waals surface area contributed by atoms with E-state index in [2.05, 4.69) is 17.2 Å². The van der Waals surface area contributed by atoms with Gasteiger partial charge in [0.25, 0.3) is 0 Å². The molecule has 2 unspecified atom stereocenters. The first-order chi connectivity index (χ1) is 7.97. The molecule has 2 atom stereocenters. The van der Waals surface area contributed by atoms with Crippen LogP contribution < -0.4 is 5.32 Å². The third-order valence-corrected chi connectivity index (χ3v) is 3.15. The fraction of sp³-hybridized carbons (Fsp3) is 0.583. The van der Waals surface area contributed by atoms with Crippen LogP contribution in [0.4, 0.5) is 13.2 Å². The summed E-state index contributed by atoms with van der Waals surface area (Å²) >= 11 is 0. The number of rotatable bonds is 1. The number of piperidine rings is 1. The van der Waals surface area contributed by atoms with E-state index in [4.69, 9.17) is 0 Å². The average molecular weight is 244 g/mol. The number of nitrogens with one attached hydrogen (secondary N) is 1. The largest absolute Gasteiger partial charge is 0.417 e. The number of halogens is 3. The second-order valence-electron chi connectivity index (χ2n) is 4.65. The zero-order valence-corrected chi connectivity index (χ0v) is 9.59. The minimum Gasteiger partial charge on any atom is -0.310 e. The maximum absolute atomic E-state index is 12.5. The molecular weight excluding hydrogens is 229 g/mol. The summed E-state index contributed by atoms with van der Waals surface area (Å²) in [6.07, 6.45) is -0.0269. The molecule has 0 saturated carbocycles. The van der Waals surface area contributed by atoms with Crippen LogP contribution in [0.15, 0.2) is 18.5 Å². The van der Waals surface area contributed by atoms with Crippen molar-refractivity contribution in [3.63, 3.8) is 0 Å². The number of pyridine rings is 1. The van der Waals surface area contributed by atoms with Crippen LogP contribution in [0.1, 0.15) is 36.9 Å². The number of aromatic nitrogens is 1. The smallest absolute Gasteiger partial charge is 0.310 e. The van der Waals surface area contributed by atoms with Crippen LogP contribution in [0.2, 0.25) is 0 Å². The Kier molecular flexibility index (Phi) is 3.38. The van der Waals surface area contributed by atoms with Gasteiger partial charge in [-0.15, -0.1) is 0 Å². The van der Waals surface area contributed by atoms with Crippen molar-refractivity contribution in [1.82, 2.24) is 10.3 Å². The Morgan fingerprint density at radius 2 is 2.06 bits per heavy atom. The van der Waals surface area contributed by atoms with Gasteiger partial charge in [0.15, 0.2) is 0 Å². The van der Waals surface area contributed by atoms with Crippen molar-refractivity contribution in [1.29, 1.82) is 0 Å². The fourth-order valence-electron chi connectivity index (χ4n) is 2.09. The Balaban J connectivity index is 2.16. The average Bonchev–Trinajstić information content (AvgIpc) is 2.29. The molecule has 17 heavy (non-hydrogen) atoms. The molecule has 0 radical (unpaired) electrons. The molecule has 1 aromatic rings. The van der Waals surface area contributed by atoms with E-state index in [1.807, 2.05) is 0 Å². The lowest BCUT2D eigenvalue weighted by atomic mass is 9.92. The molecule has 1 N–H and O–H groups in total. The number of nitrogens with zero attached hydrogens (tertiary/aromatic N) is 1. The topological polar surface area (TPSA) is 24.9 Å². The van der Waals surface area contributed by atoms with Crippen molar-refractivity contribution in [2.75, 3.05) is 6.54 Å². The van der Waals surface area contributed by atoms with Crippen LogP contribution in [-0.2, 0) is 6.18 Å². The van der Waals surface area contributed by atoms with E-state index in [1.54, 1.807) is 0 Å². The highest BCUT2D eigenvalue weighted by molar-refractivity contribution is 5.23. The second kappa shape index (κ2) is 4.64. The molecule has 1 fully saturated rings. The molecule has 2 rings (SSSR count).